The highest BCUT2D eigenvalue weighted by Gasteiger charge is 1.90. The lowest BCUT2D eigenvalue weighted by Gasteiger charge is -1.90. The van der Waals surface area contributed by atoms with Gasteiger partial charge in [0.2, 0.25) is 0 Å². The fraction of sp³-hybridized carbons (Fsp3) is 0.314. The summed E-state index contributed by atoms with van der Waals surface area (Å²) < 4.78 is 0. The van der Waals surface area contributed by atoms with Crippen LogP contribution >= 0.6 is 68.0 Å². The van der Waals surface area contributed by atoms with Crippen LogP contribution < -0.4 is 0 Å². The number of rotatable bonds is 0. The quantitative estimate of drug-likeness (QED) is 0.151. The molecule has 11 rings (SSSR count). The largest absolute Gasteiger partial charge is 0.264 e. The van der Waals surface area contributed by atoms with Crippen LogP contribution in [0.15, 0.2) is 156 Å². The van der Waals surface area contributed by atoms with Gasteiger partial charge in [0.25, 0.3) is 0 Å². The van der Waals surface area contributed by atoms with E-state index in [2.05, 4.69) is 227 Å². The van der Waals surface area contributed by atoms with Gasteiger partial charge in [-0.2, -0.15) is 0 Å². The van der Waals surface area contributed by atoms with Crippen molar-refractivity contribution >= 4 is 68.0 Å². The van der Waals surface area contributed by atoms with Crippen LogP contribution in [0.2, 0.25) is 0 Å². The third-order valence-electron chi connectivity index (χ3n) is 10.3. The third-order valence-corrected chi connectivity index (χ3v) is 15.7. The Kier molecular flexibility index (Phi) is 38.4. The van der Waals surface area contributed by atoms with E-state index >= 15 is 0 Å². The summed E-state index contributed by atoms with van der Waals surface area (Å²) in [5.41, 5.74) is 16.3. The molecule has 0 aliphatic rings. The summed E-state index contributed by atoms with van der Waals surface area (Å²) in [6, 6.07) is 35.8. The minimum Gasteiger partial charge on any atom is -0.264 e. The summed E-state index contributed by atoms with van der Waals surface area (Å²) in [5.74, 6) is 0. The molecule has 82 heavy (non-hydrogen) atoms. The van der Waals surface area contributed by atoms with Gasteiger partial charge in [-0.25, -0.2) is 15.0 Å². The average Bonchev–Trinajstić information content (AvgIpc) is 4.30. The van der Waals surface area contributed by atoms with Crippen molar-refractivity contribution in [2.24, 2.45) is 0 Å². The molecule has 9 aromatic heterocycles. The molecular formula is C70H92N6S6. The third kappa shape index (κ3) is 41.0. The van der Waals surface area contributed by atoms with Gasteiger partial charge in [-0.15, -0.1) is 68.0 Å². The van der Waals surface area contributed by atoms with Crippen molar-refractivity contribution in [1.29, 1.82) is 0 Å². The van der Waals surface area contributed by atoms with Gasteiger partial charge < -0.3 is 0 Å². The zero-order chi connectivity index (χ0) is 61.6. The fourth-order valence-corrected chi connectivity index (χ4v) is 10.6. The second-order valence-corrected chi connectivity index (χ2v) is 27.6. The topological polar surface area (TPSA) is 77.3 Å². The van der Waals surface area contributed by atoms with E-state index in [1.54, 1.807) is 56.7 Å². The molecule has 11 aromatic rings. The maximum atomic E-state index is 4.13. The molecule has 12 heteroatoms. The Bertz CT molecular complexity index is 2710. The molecule has 0 radical (unpaired) electrons. The first-order valence-electron chi connectivity index (χ1n) is 27.1. The van der Waals surface area contributed by atoms with Crippen LogP contribution in [0.25, 0.3) is 0 Å². The molecule has 0 spiro atoms. The van der Waals surface area contributed by atoms with Gasteiger partial charge in [0.1, 0.15) is 0 Å². The Morgan fingerprint density at radius 2 is 0.707 bits per heavy atom. The van der Waals surface area contributed by atoms with E-state index in [0.717, 1.165) is 32.1 Å². The maximum Gasteiger partial charge on any atom is 0.0897 e. The van der Waals surface area contributed by atoms with E-state index < -0.39 is 0 Å². The lowest BCUT2D eigenvalue weighted by atomic mass is 10.2. The molecule has 2 aromatic carbocycles. The molecule has 0 amide bonds. The molecule has 0 fully saturated rings. The Balaban J connectivity index is 0.000000451. The Labute approximate surface area is 519 Å². The molecule has 0 aliphatic carbocycles. The van der Waals surface area contributed by atoms with E-state index in [4.69, 9.17) is 0 Å². The number of hydrogen-bond acceptors (Lipinski definition) is 12. The minimum atomic E-state index is 1.08. The Hall–Kier alpha value is -6.12. The number of nitrogens with zero attached hydrogens (tertiary/aromatic N) is 6. The van der Waals surface area contributed by atoms with Gasteiger partial charge in [-0.05, 0) is 239 Å². The van der Waals surface area contributed by atoms with Crippen LogP contribution in [0.1, 0.15) is 117 Å². The Morgan fingerprint density at radius 1 is 0.256 bits per heavy atom. The van der Waals surface area contributed by atoms with Gasteiger partial charge in [-0.3, -0.25) is 15.0 Å². The van der Waals surface area contributed by atoms with Crippen LogP contribution in [0.4, 0.5) is 0 Å². The number of benzene rings is 2. The van der Waals surface area contributed by atoms with Crippen molar-refractivity contribution < 1.29 is 0 Å². The van der Waals surface area contributed by atoms with E-state index in [9.17, 15) is 0 Å². The number of thiazole rings is 3. The monoisotopic (exact) mass is 1210 g/mol. The summed E-state index contributed by atoms with van der Waals surface area (Å²) >= 11 is 10.6. The zero-order valence-corrected chi connectivity index (χ0v) is 58.0. The molecule has 0 aliphatic heterocycles. The molecular weight excluding hydrogens is 1120 g/mol. The predicted octanol–water partition coefficient (Wildman–Crippen LogP) is 22.1. The van der Waals surface area contributed by atoms with Crippen molar-refractivity contribution in [1.82, 2.24) is 29.9 Å². The SMILES string of the molecule is Cc1ccc(C)cc1.Cc1ccc(C)nc1.Cc1ccc(C)s1.Cc1cccc(C)c1.Cc1ccnc(C)c1.Cc1cnc(C)s1.Cc1cnc(C)s1.Cc1cncc(C)c1.Cc1csc(C)c1.Cc1csc(C)c1.Cc1csc(C)n1. The van der Waals surface area contributed by atoms with Gasteiger partial charge in [0.15, 0.2) is 0 Å². The number of thiophene rings is 3. The highest BCUT2D eigenvalue weighted by molar-refractivity contribution is 7.12. The van der Waals surface area contributed by atoms with Crippen LogP contribution in [0.3, 0.4) is 0 Å². The molecule has 0 unspecified atom stereocenters. The smallest absolute Gasteiger partial charge is 0.0897 e. The summed E-state index contributed by atoms with van der Waals surface area (Å²) in [4.78, 5) is 32.5. The highest BCUT2D eigenvalue weighted by atomic mass is 32.1. The molecule has 0 saturated carbocycles. The molecule has 9 heterocycles. The van der Waals surface area contributed by atoms with Crippen LogP contribution in [-0.2, 0) is 0 Å². The zero-order valence-electron chi connectivity index (χ0n) is 53.1. The first-order chi connectivity index (χ1) is 38.7. The van der Waals surface area contributed by atoms with E-state index in [-0.39, 0.29) is 0 Å². The summed E-state index contributed by atoms with van der Waals surface area (Å²) in [6.07, 6.45) is 11.2. The minimum absolute atomic E-state index is 1.08. The van der Waals surface area contributed by atoms with Crippen molar-refractivity contribution in [2.45, 2.75) is 152 Å². The second-order valence-electron chi connectivity index (χ2n) is 19.9. The second kappa shape index (κ2) is 42.7. The highest BCUT2D eigenvalue weighted by Crippen LogP contribution is 2.14. The lowest BCUT2D eigenvalue weighted by molar-refractivity contribution is 1.17. The summed E-state index contributed by atoms with van der Waals surface area (Å²) in [7, 11) is 0. The molecule has 438 valence electrons. The molecule has 0 N–H and O–H groups in total. The van der Waals surface area contributed by atoms with Crippen LogP contribution in [-0.4, -0.2) is 29.9 Å². The van der Waals surface area contributed by atoms with E-state index in [1.807, 2.05) is 123 Å². The summed E-state index contributed by atoms with van der Waals surface area (Å²) in [5, 5.41) is 9.83. The normalized spacial score (nSPS) is 9.34. The standard InChI is InChI=1S/2C8H10.3C7H9N.3C6H8S.3C5H7NS/c1-7-3-5-8(2)6-4-7;1-7-4-3-5-8(2)6-7;1-6-3-7(2)5-8-4-6;1-6-3-4-8-7(2)5-6;1-6-3-4-7(2)8-5-6;2*1-5-3-6(2)7-4-5;1-5-3-4-6(2)7-5;1-4-3-7-5(2)6-4;2*1-4-3-6-5(2)7-4/h2*3-6H,1-2H3;3*3-5H,1-2H3;3*3-4H,1-2H3;3*3H,1-2H3. The number of aromatic nitrogens is 6. The molecule has 0 atom stereocenters. The average molecular weight is 1210 g/mol. The Morgan fingerprint density at radius 3 is 0.902 bits per heavy atom. The van der Waals surface area contributed by atoms with Gasteiger partial charge >= 0.3 is 0 Å². The van der Waals surface area contributed by atoms with Crippen LogP contribution in [0.5, 0.6) is 0 Å². The van der Waals surface area contributed by atoms with Crippen molar-refractivity contribution in [3.05, 3.63) is 273 Å². The number of hydrogen-bond donors (Lipinski definition) is 0. The first-order valence-corrected chi connectivity index (χ1v) is 32.2. The van der Waals surface area contributed by atoms with Crippen molar-refractivity contribution in [2.75, 3.05) is 0 Å². The lowest BCUT2D eigenvalue weighted by Crippen LogP contribution is -1.78. The van der Waals surface area contributed by atoms with E-state index in [0.29, 0.717) is 0 Å². The van der Waals surface area contributed by atoms with Crippen molar-refractivity contribution in [3.63, 3.8) is 0 Å². The van der Waals surface area contributed by atoms with Crippen molar-refractivity contribution in [3.8, 4) is 0 Å². The van der Waals surface area contributed by atoms with E-state index in [1.165, 1.54) is 84.9 Å². The maximum absolute atomic E-state index is 4.13. The summed E-state index contributed by atoms with van der Waals surface area (Å²) in [6.45, 7) is 45.4. The van der Waals surface area contributed by atoms with Gasteiger partial charge in [0.05, 0.1) is 15.0 Å². The van der Waals surface area contributed by atoms with Crippen LogP contribution in [0, 0.1) is 152 Å². The number of pyridine rings is 3. The molecule has 0 bridgehead atoms. The number of aryl methyl sites for hydroxylation is 22. The fourth-order valence-electron chi connectivity index (χ4n) is 6.49. The molecule has 6 nitrogen and oxygen atoms in total. The first kappa shape index (κ1) is 73.9. The molecule has 0 saturated heterocycles. The van der Waals surface area contributed by atoms with Gasteiger partial charge in [-0.1, -0.05) is 82.9 Å². The van der Waals surface area contributed by atoms with Gasteiger partial charge in [0, 0.05) is 88.9 Å². The predicted molar refractivity (Wildman–Crippen MR) is 369 cm³/mol.